The molecule has 7 nitrogen and oxygen atoms in total. The van der Waals surface area contributed by atoms with Crippen LogP contribution in [0.2, 0.25) is 0 Å². The summed E-state index contributed by atoms with van der Waals surface area (Å²) in [4.78, 5) is 27.0. The number of nitrogens with one attached hydrogen (secondary N) is 1. The van der Waals surface area contributed by atoms with Crippen LogP contribution in [-0.2, 0) is 0 Å². The van der Waals surface area contributed by atoms with Gasteiger partial charge in [0.25, 0.3) is 11.8 Å². The normalized spacial score (nSPS) is 14.9. The number of ether oxygens (including phenoxy) is 1. The minimum absolute atomic E-state index is 0.0209. The number of benzene rings is 3. The summed E-state index contributed by atoms with van der Waals surface area (Å²) >= 11 is 0. The number of amides is 2. The molecule has 9 heteroatoms. The van der Waals surface area contributed by atoms with Crippen LogP contribution in [0.25, 0.3) is 0 Å². The minimum atomic E-state index is -1.19. The smallest absolute Gasteiger partial charge is 0.253 e. The summed E-state index contributed by atoms with van der Waals surface area (Å²) < 4.78 is 31.9. The number of anilines is 1. The van der Waals surface area contributed by atoms with Gasteiger partial charge in [0.15, 0.2) is 5.75 Å². The van der Waals surface area contributed by atoms with Crippen LogP contribution in [0.5, 0.6) is 11.5 Å². The second-order valence-electron chi connectivity index (χ2n) is 8.48. The summed E-state index contributed by atoms with van der Waals surface area (Å²) in [5.74, 6) is -0.921. The number of nitrogens with zero attached hydrogens (tertiary/aromatic N) is 1. The molecule has 1 aliphatic heterocycles. The van der Waals surface area contributed by atoms with Gasteiger partial charge in [-0.1, -0.05) is 6.07 Å². The van der Waals surface area contributed by atoms with Crippen LogP contribution in [0, 0.1) is 11.6 Å². The first-order chi connectivity index (χ1) is 16.7. The summed E-state index contributed by atoms with van der Waals surface area (Å²) in [6.07, 6.45) is 0.535. The highest BCUT2D eigenvalue weighted by Crippen LogP contribution is 2.30. The van der Waals surface area contributed by atoms with E-state index in [1.165, 1.54) is 54.6 Å². The van der Waals surface area contributed by atoms with Gasteiger partial charge in [-0.2, -0.15) is 0 Å². The average molecular weight is 481 g/mol. The first-order valence-electron chi connectivity index (χ1n) is 11.1. The lowest BCUT2D eigenvalue weighted by molar-refractivity contribution is -0.0149. The van der Waals surface area contributed by atoms with Crippen LogP contribution in [-0.4, -0.2) is 47.1 Å². The summed E-state index contributed by atoms with van der Waals surface area (Å²) in [7, 11) is 0. The van der Waals surface area contributed by atoms with E-state index in [2.05, 4.69) is 5.32 Å². The van der Waals surface area contributed by atoms with Crippen molar-refractivity contribution in [1.82, 2.24) is 10.2 Å². The Hall–Kier alpha value is -3.98. The van der Waals surface area contributed by atoms with E-state index < -0.39 is 23.1 Å². The highest BCUT2D eigenvalue weighted by atomic mass is 19.1. The van der Waals surface area contributed by atoms with Crippen LogP contribution in [0.3, 0.4) is 0 Å². The molecule has 2 amide bonds. The Morgan fingerprint density at radius 1 is 0.971 bits per heavy atom. The topological polar surface area (TPSA) is 105 Å². The largest absolute Gasteiger partial charge is 0.455 e. The van der Waals surface area contributed by atoms with E-state index in [0.717, 1.165) is 0 Å². The first kappa shape index (κ1) is 24.2. The average Bonchev–Trinajstić information content (AvgIpc) is 2.86. The fourth-order valence-electron chi connectivity index (χ4n) is 3.88. The Bertz CT molecular complexity index is 1210. The molecule has 1 fully saturated rings. The minimum Gasteiger partial charge on any atom is -0.455 e. The molecular formula is C26H25F2N3O4. The molecular weight excluding hydrogens is 456 g/mol. The Morgan fingerprint density at radius 2 is 1.57 bits per heavy atom. The quantitative estimate of drug-likeness (QED) is 0.466. The van der Waals surface area contributed by atoms with Gasteiger partial charge in [-0.05, 0) is 73.5 Å². The lowest BCUT2D eigenvalue weighted by Crippen LogP contribution is -2.52. The SMILES string of the molecule is Nc1c(Oc2ccc(F)cc2)cccc1C(=O)NCC1(O)CCN(C(=O)c2ccc(F)cc2)CC1. The van der Waals surface area contributed by atoms with Crippen molar-refractivity contribution < 1.29 is 28.2 Å². The molecule has 1 saturated heterocycles. The summed E-state index contributed by atoms with van der Waals surface area (Å²) in [6, 6.07) is 15.5. The third kappa shape index (κ3) is 5.75. The van der Waals surface area contributed by atoms with Crippen molar-refractivity contribution in [3.05, 3.63) is 89.5 Å². The Labute approximate surface area is 201 Å². The molecule has 0 aromatic heterocycles. The lowest BCUT2D eigenvalue weighted by atomic mass is 9.91. The first-order valence-corrected chi connectivity index (χ1v) is 11.1. The zero-order valence-corrected chi connectivity index (χ0v) is 18.8. The summed E-state index contributed by atoms with van der Waals surface area (Å²) in [6.45, 7) is 0.574. The monoisotopic (exact) mass is 481 g/mol. The van der Waals surface area contributed by atoms with Gasteiger partial charge in [0.1, 0.15) is 17.4 Å². The van der Waals surface area contributed by atoms with E-state index in [4.69, 9.17) is 10.5 Å². The maximum Gasteiger partial charge on any atom is 0.253 e. The van der Waals surface area contributed by atoms with Crippen molar-refractivity contribution in [2.45, 2.75) is 18.4 Å². The molecule has 3 aromatic carbocycles. The van der Waals surface area contributed by atoms with E-state index in [1.807, 2.05) is 0 Å². The number of aliphatic hydroxyl groups is 1. The fraction of sp³-hybridized carbons (Fsp3) is 0.231. The standard InChI is InChI=1S/C26H25F2N3O4/c27-18-6-4-17(5-7-18)25(33)31-14-12-26(34,13-15-31)16-30-24(32)21-2-1-3-22(23(21)29)35-20-10-8-19(28)9-11-20/h1-11,34H,12-16,29H2,(H,30,32). The van der Waals surface area contributed by atoms with Crippen LogP contribution in [0.4, 0.5) is 14.5 Å². The molecule has 0 atom stereocenters. The molecule has 0 aliphatic carbocycles. The highest BCUT2D eigenvalue weighted by molar-refractivity contribution is 6.00. The van der Waals surface area contributed by atoms with Crippen molar-refractivity contribution in [1.29, 1.82) is 0 Å². The number of hydrogen-bond acceptors (Lipinski definition) is 5. The second kappa shape index (κ2) is 10.1. The van der Waals surface area contributed by atoms with Crippen molar-refractivity contribution >= 4 is 17.5 Å². The van der Waals surface area contributed by atoms with Gasteiger partial charge in [-0.15, -0.1) is 0 Å². The molecule has 0 radical (unpaired) electrons. The summed E-state index contributed by atoms with van der Waals surface area (Å²) in [5.41, 5.74) is 5.61. The van der Waals surface area contributed by atoms with E-state index >= 15 is 0 Å². The van der Waals surface area contributed by atoms with Crippen LogP contribution < -0.4 is 15.8 Å². The number of hydrogen-bond donors (Lipinski definition) is 3. The van der Waals surface area contributed by atoms with Gasteiger partial charge in [-0.3, -0.25) is 9.59 Å². The van der Waals surface area contributed by atoms with E-state index in [-0.39, 0.29) is 42.3 Å². The van der Waals surface area contributed by atoms with Gasteiger partial charge in [0.2, 0.25) is 0 Å². The third-order valence-corrected chi connectivity index (χ3v) is 6.00. The number of carbonyl (C=O) groups excluding carboxylic acids is 2. The maximum absolute atomic E-state index is 13.1. The van der Waals surface area contributed by atoms with Gasteiger partial charge >= 0.3 is 0 Å². The maximum atomic E-state index is 13.1. The van der Waals surface area contributed by atoms with Crippen LogP contribution >= 0.6 is 0 Å². The second-order valence-corrected chi connectivity index (χ2v) is 8.48. The summed E-state index contributed by atoms with van der Waals surface area (Å²) in [5, 5.41) is 13.6. The Morgan fingerprint density at radius 3 is 2.20 bits per heavy atom. The Balaban J connectivity index is 1.34. The van der Waals surface area contributed by atoms with E-state index in [9.17, 15) is 23.5 Å². The van der Waals surface area contributed by atoms with Crippen molar-refractivity contribution in [2.24, 2.45) is 0 Å². The number of carbonyl (C=O) groups is 2. The van der Waals surface area contributed by atoms with E-state index in [1.54, 1.807) is 17.0 Å². The molecule has 4 N–H and O–H groups in total. The number of nitrogen functional groups attached to an aromatic ring is 1. The molecule has 0 saturated carbocycles. The van der Waals surface area contributed by atoms with E-state index in [0.29, 0.717) is 24.4 Å². The highest BCUT2D eigenvalue weighted by Gasteiger charge is 2.34. The van der Waals surface area contributed by atoms with Crippen molar-refractivity contribution in [2.75, 3.05) is 25.4 Å². The third-order valence-electron chi connectivity index (χ3n) is 6.00. The van der Waals surface area contributed by atoms with Crippen LogP contribution in [0.15, 0.2) is 66.7 Å². The molecule has 0 bridgehead atoms. The van der Waals surface area contributed by atoms with Gasteiger partial charge in [0.05, 0.1) is 16.9 Å². The Kier molecular flexibility index (Phi) is 6.97. The van der Waals surface area contributed by atoms with Gasteiger partial charge < -0.3 is 25.8 Å². The van der Waals surface area contributed by atoms with Crippen LogP contribution in [0.1, 0.15) is 33.6 Å². The number of rotatable bonds is 6. The number of likely N-dealkylation sites (tertiary alicyclic amines) is 1. The molecule has 0 spiro atoms. The van der Waals surface area contributed by atoms with Gasteiger partial charge in [-0.25, -0.2) is 8.78 Å². The number of piperidine rings is 1. The molecule has 4 rings (SSSR count). The van der Waals surface area contributed by atoms with Crippen molar-refractivity contribution in [3.63, 3.8) is 0 Å². The van der Waals surface area contributed by atoms with Crippen molar-refractivity contribution in [3.8, 4) is 11.5 Å². The fourth-order valence-corrected chi connectivity index (χ4v) is 3.88. The molecule has 1 heterocycles. The molecule has 1 aliphatic rings. The molecule has 35 heavy (non-hydrogen) atoms. The number of para-hydroxylation sites is 1. The predicted octanol–water partition coefficient (Wildman–Crippen LogP) is 3.74. The number of halogens is 2. The molecule has 182 valence electrons. The number of nitrogens with two attached hydrogens (primary N) is 1. The predicted molar refractivity (Wildman–Crippen MR) is 126 cm³/mol. The zero-order chi connectivity index (χ0) is 25.0. The molecule has 0 unspecified atom stereocenters. The lowest BCUT2D eigenvalue weighted by Gasteiger charge is -2.38. The molecule has 3 aromatic rings. The van der Waals surface area contributed by atoms with Gasteiger partial charge in [0, 0.05) is 25.2 Å². The zero-order valence-electron chi connectivity index (χ0n) is 18.8.